The van der Waals surface area contributed by atoms with Gasteiger partial charge in [-0.15, -0.1) is 0 Å². The van der Waals surface area contributed by atoms with Gasteiger partial charge >= 0.3 is 0 Å². The molecule has 0 aliphatic heterocycles. The summed E-state index contributed by atoms with van der Waals surface area (Å²) in [5.41, 5.74) is 0.261. The van der Waals surface area contributed by atoms with Crippen LogP contribution in [-0.4, -0.2) is 30.3 Å². The molecule has 0 radical (unpaired) electrons. The normalized spacial score (nSPS) is 14.6. The number of aliphatic hydroxyl groups excluding tert-OH is 1. The molecule has 92 valence electrons. The Bertz CT molecular complexity index is 155. The monoisotopic (exact) mass is 215 g/mol. The molecule has 0 bridgehead atoms. The molecule has 1 atom stereocenters. The third-order valence-electron chi connectivity index (χ3n) is 3.04. The lowest BCUT2D eigenvalue weighted by Gasteiger charge is -2.30. The van der Waals surface area contributed by atoms with Gasteiger partial charge in [0.25, 0.3) is 0 Å². The lowest BCUT2D eigenvalue weighted by atomic mass is 9.83. The van der Waals surface area contributed by atoms with Crippen molar-refractivity contribution in [3.05, 3.63) is 0 Å². The van der Waals surface area contributed by atoms with Crippen molar-refractivity contribution in [2.24, 2.45) is 5.41 Å². The van der Waals surface area contributed by atoms with Crippen molar-refractivity contribution in [1.29, 1.82) is 0 Å². The maximum Gasteiger partial charge on any atom is 0.107 e. The highest BCUT2D eigenvalue weighted by molar-refractivity contribution is 4.72. The third-order valence-corrected chi connectivity index (χ3v) is 3.04. The average molecular weight is 215 g/mol. The van der Waals surface area contributed by atoms with Crippen molar-refractivity contribution in [3.63, 3.8) is 0 Å². The number of nitrogens with zero attached hydrogens (tertiary/aromatic N) is 1. The summed E-state index contributed by atoms with van der Waals surface area (Å²) in [6.45, 7) is 6.75. The summed E-state index contributed by atoms with van der Waals surface area (Å²) in [6.07, 6.45) is 7.04. The second kappa shape index (κ2) is 7.24. The zero-order valence-electron chi connectivity index (χ0n) is 11.2. The first-order chi connectivity index (χ1) is 6.89. The molecule has 0 saturated carbocycles. The molecule has 0 aromatic rings. The van der Waals surface area contributed by atoms with Crippen LogP contribution in [0.4, 0.5) is 0 Å². The third kappa shape index (κ3) is 7.80. The van der Waals surface area contributed by atoms with Gasteiger partial charge in [0.2, 0.25) is 0 Å². The zero-order chi connectivity index (χ0) is 11.9. The Morgan fingerprint density at radius 1 is 1.13 bits per heavy atom. The number of rotatable bonds is 8. The van der Waals surface area contributed by atoms with Gasteiger partial charge in [-0.2, -0.15) is 0 Å². The second-order valence-corrected chi connectivity index (χ2v) is 5.62. The van der Waals surface area contributed by atoms with Gasteiger partial charge in [-0.1, -0.05) is 46.5 Å². The summed E-state index contributed by atoms with van der Waals surface area (Å²) >= 11 is 0. The predicted octanol–water partition coefficient (Wildman–Crippen LogP) is 3.25. The van der Waals surface area contributed by atoms with Gasteiger partial charge in [-0.25, -0.2) is 0 Å². The topological polar surface area (TPSA) is 23.5 Å². The fraction of sp³-hybridized carbons (Fsp3) is 1.00. The van der Waals surface area contributed by atoms with Crippen LogP contribution >= 0.6 is 0 Å². The highest BCUT2D eigenvalue weighted by Crippen LogP contribution is 2.29. The van der Waals surface area contributed by atoms with E-state index < -0.39 is 0 Å². The number of hydrogen-bond acceptors (Lipinski definition) is 2. The van der Waals surface area contributed by atoms with Crippen molar-refractivity contribution in [1.82, 2.24) is 4.90 Å². The molecular weight excluding hydrogens is 186 g/mol. The largest absolute Gasteiger partial charge is 0.378 e. The van der Waals surface area contributed by atoms with Crippen LogP contribution in [0.2, 0.25) is 0 Å². The van der Waals surface area contributed by atoms with E-state index in [0.29, 0.717) is 0 Å². The highest BCUT2D eigenvalue weighted by atomic mass is 16.3. The Labute approximate surface area is 95.7 Å². The summed E-state index contributed by atoms with van der Waals surface area (Å²) in [5.74, 6) is 0. The first kappa shape index (κ1) is 14.9. The number of unbranched alkanes of at least 4 members (excludes halogenated alkanes) is 3. The highest BCUT2D eigenvalue weighted by Gasteiger charge is 2.22. The van der Waals surface area contributed by atoms with Crippen molar-refractivity contribution in [2.75, 3.05) is 14.1 Å². The lowest BCUT2D eigenvalue weighted by Crippen LogP contribution is -2.32. The summed E-state index contributed by atoms with van der Waals surface area (Å²) in [7, 11) is 3.86. The average Bonchev–Trinajstić information content (AvgIpc) is 2.11. The molecule has 0 spiro atoms. The van der Waals surface area contributed by atoms with E-state index in [-0.39, 0.29) is 11.6 Å². The Hall–Kier alpha value is -0.0800. The molecule has 2 heteroatoms. The lowest BCUT2D eigenvalue weighted by molar-refractivity contribution is 0.00157. The van der Waals surface area contributed by atoms with E-state index >= 15 is 0 Å². The SMILES string of the molecule is CCCCCCC(C)(C)CC(O)N(C)C. The van der Waals surface area contributed by atoms with Crippen LogP contribution in [0.5, 0.6) is 0 Å². The molecule has 1 N–H and O–H groups in total. The van der Waals surface area contributed by atoms with Crippen LogP contribution in [0.1, 0.15) is 59.3 Å². The van der Waals surface area contributed by atoms with Gasteiger partial charge in [0.1, 0.15) is 6.23 Å². The Kier molecular flexibility index (Phi) is 7.20. The molecule has 0 heterocycles. The van der Waals surface area contributed by atoms with Crippen LogP contribution in [0.3, 0.4) is 0 Å². The fourth-order valence-corrected chi connectivity index (χ4v) is 1.81. The standard InChI is InChI=1S/C13H29NO/c1-6-7-8-9-10-13(2,3)11-12(15)14(4)5/h12,15H,6-11H2,1-5H3. The second-order valence-electron chi connectivity index (χ2n) is 5.62. The number of hydrogen-bond donors (Lipinski definition) is 1. The van der Waals surface area contributed by atoms with Crippen molar-refractivity contribution >= 4 is 0 Å². The number of aliphatic hydroxyl groups is 1. The molecule has 0 amide bonds. The molecule has 15 heavy (non-hydrogen) atoms. The van der Waals surface area contributed by atoms with Crippen LogP contribution < -0.4 is 0 Å². The summed E-state index contributed by atoms with van der Waals surface area (Å²) in [4.78, 5) is 1.88. The van der Waals surface area contributed by atoms with Gasteiger partial charge in [0.15, 0.2) is 0 Å². The summed E-state index contributed by atoms with van der Waals surface area (Å²) < 4.78 is 0. The molecule has 0 rings (SSSR count). The minimum absolute atomic E-state index is 0.261. The Balaban J connectivity index is 3.75. The molecule has 2 nitrogen and oxygen atoms in total. The first-order valence-electron chi connectivity index (χ1n) is 6.23. The smallest absolute Gasteiger partial charge is 0.107 e. The molecule has 0 aliphatic rings. The van der Waals surface area contributed by atoms with Crippen molar-refractivity contribution < 1.29 is 5.11 Å². The molecule has 0 aromatic carbocycles. The molecule has 1 unspecified atom stereocenters. The van der Waals surface area contributed by atoms with E-state index in [9.17, 15) is 5.11 Å². The summed E-state index contributed by atoms with van der Waals surface area (Å²) in [6, 6.07) is 0. The van der Waals surface area contributed by atoms with E-state index in [4.69, 9.17) is 0 Å². The quantitative estimate of drug-likeness (QED) is 0.496. The first-order valence-corrected chi connectivity index (χ1v) is 6.23. The summed E-state index contributed by atoms with van der Waals surface area (Å²) in [5, 5.41) is 9.79. The Morgan fingerprint density at radius 2 is 1.73 bits per heavy atom. The molecule has 0 saturated heterocycles. The van der Waals surface area contributed by atoms with Gasteiger partial charge in [0.05, 0.1) is 0 Å². The molecule has 0 aromatic heterocycles. The van der Waals surface area contributed by atoms with Gasteiger partial charge in [0, 0.05) is 0 Å². The van der Waals surface area contributed by atoms with Gasteiger partial charge < -0.3 is 5.11 Å². The zero-order valence-corrected chi connectivity index (χ0v) is 11.2. The Morgan fingerprint density at radius 3 is 2.20 bits per heavy atom. The van der Waals surface area contributed by atoms with Crippen LogP contribution in [-0.2, 0) is 0 Å². The predicted molar refractivity (Wildman–Crippen MR) is 66.9 cm³/mol. The van der Waals surface area contributed by atoms with Gasteiger partial charge in [-0.3, -0.25) is 4.90 Å². The van der Waals surface area contributed by atoms with Crippen molar-refractivity contribution in [2.45, 2.75) is 65.5 Å². The van der Waals surface area contributed by atoms with E-state index in [1.165, 1.54) is 32.1 Å². The van der Waals surface area contributed by atoms with Gasteiger partial charge in [-0.05, 0) is 32.4 Å². The van der Waals surface area contributed by atoms with Crippen LogP contribution in [0.15, 0.2) is 0 Å². The minimum Gasteiger partial charge on any atom is -0.378 e. The van der Waals surface area contributed by atoms with Crippen molar-refractivity contribution in [3.8, 4) is 0 Å². The fourth-order valence-electron chi connectivity index (χ4n) is 1.81. The van der Waals surface area contributed by atoms with E-state index in [2.05, 4.69) is 20.8 Å². The molecular formula is C13H29NO. The van der Waals surface area contributed by atoms with E-state index in [0.717, 1.165) is 6.42 Å². The maximum absolute atomic E-state index is 9.79. The molecule has 0 aliphatic carbocycles. The minimum atomic E-state index is -0.300. The van der Waals surface area contributed by atoms with E-state index in [1.807, 2.05) is 19.0 Å². The molecule has 0 fully saturated rings. The van der Waals surface area contributed by atoms with E-state index in [1.54, 1.807) is 0 Å². The van der Waals surface area contributed by atoms with Crippen LogP contribution in [0, 0.1) is 5.41 Å². The van der Waals surface area contributed by atoms with Crippen LogP contribution in [0.25, 0.3) is 0 Å². The maximum atomic E-state index is 9.79.